The van der Waals surface area contributed by atoms with E-state index in [1.54, 1.807) is 0 Å². The maximum atomic E-state index is 2.39. The molecule has 2 aliphatic rings. The average molecular weight is 273 g/mol. The second-order valence-corrected chi connectivity index (χ2v) is 5.14. The van der Waals surface area contributed by atoms with Crippen molar-refractivity contribution < 1.29 is 16.5 Å². The summed E-state index contributed by atoms with van der Waals surface area (Å²) in [6.45, 7) is 2.39. The molecular weight excluding hydrogens is 251 g/mol. The standard InChI is InChI=1S/C16H22.Ni/c1-14(13-16-10-4-5-11-16)7-6-12-15-8-2-3-9-15;/h2-5,8-11,14-16H,6-7,12-13H2,1H3;. The van der Waals surface area contributed by atoms with Gasteiger partial charge in [0.2, 0.25) is 0 Å². The fraction of sp³-hybridized carbons (Fsp3) is 0.500. The van der Waals surface area contributed by atoms with Crippen molar-refractivity contribution in [1.29, 1.82) is 0 Å². The van der Waals surface area contributed by atoms with Crippen LogP contribution in [0.2, 0.25) is 0 Å². The van der Waals surface area contributed by atoms with Gasteiger partial charge >= 0.3 is 0 Å². The van der Waals surface area contributed by atoms with Gasteiger partial charge in [0.15, 0.2) is 0 Å². The number of allylic oxidation sites excluding steroid dienone is 8. The predicted octanol–water partition coefficient (Wildman–Crippen LogP) is 4.66. The molecule has 17 heavy (non-hydrogen) atoms. The van der Waals surface area contributed by atoms with Crippen molar-refractivity contribution in [2.24, 2.45) is 17.8 Å². The molecule has 2 rings (SSSR count). The minimum atomic E-state index is 0. The average Bonchev–Trinajstić information content (AvgIpc) is 2.90. The van der Waals surface area contributed by atoms with Gasteiger partial charge in [0.1, 0.15) is 0 Å². The van der Waals surface area contributed by atoms with E-state index in [0.717, 1.165) is 11.8 Å². The number of hydrogen-bond donors (Lipinski definition) is 0. The molecule has 0 bridgehead atoms. The van der Waals surface area contributed by atoms with E-state index in [0.29, 0.717) is 5.92 Å². The fourth-order valence-electron chi connectivity index (χ4n) is 2.59. The minimum absolute atomic E-state index is 0. The third-order valence-corrected chi connectivity index (χ3v) is 3.56. The van der Waals surface area contributed by atoms with Crippen molar-refractivity contribution in [3.05, 3.63) is 48.6 Å². The zero-order chi connectivity index (χ0) is 11.2. The molecule has 1 heteroatoms. The van der Waals surface area contributed by atoms with E-state index in [-0.39, 0.29) is 16.5 Å². The maximum absolute atomic E-state index is 2.39. The first-order valence-electron chi connectivity index (χ1n) is 6.54. The van der Waals surface area contributed by atoms with E-state index in [1.165, 1.54) is 25.7 Å². The summed E-state index contributed by atoms with van der Waals surface area (Å²) in [5, 5.41) is 0. The van der Waals surface area contributed by atoms with Crippen molar-refractivity contribution in [1.82, 2.24) is 0 Å². The first kappa shape index (κ1) is 14.5. The second-order valence-electron chi connectivity index (χ2n) is 5.14. The molecule has 96 valence electrons. The third kappa shape index (κ3) is 5.08. The van der Waals surface area contributed by atoms with E-state index in [1.807, 2.05) is 0 Å². The van der Waals surface area contributed by atoms with Crippen molar-refractivity contribution in [3.8, 4) is 0 Å². The van der Waals surface area contributed by atoms with E-state index in [2.05, 4.69) is 55.5 Å². The van der Waals surface area contributed by atoms with Crippen LogP contribution >= 0.6 is 0 Å². The summed E-state index contributed by atoms with van der Waals surface area (Å²) in [5.41, 5.74) is 0. The van der Waals surface area contributed by atoms with Gasteiger partial charge in [-0.2, -0.15) is 0 Å². The van der Waals surface area contributed by atoms with Crippen LogP contribution in [0.15, 0.2) is 48.6 Å². The topological polar surface area (TPSA) is 0 Å². The largest absolute Gasteiger partial charge is 0.0776 e. The molecule has 0 N–H and O–H groups in total. The van der Waals surface area contributed by atoms with Crippen LogP contribution in [0.4, 0.5) is 0 Å². The molecule has 2 aliphatic carbocycles. The van der Waals surface area contributed by atoms with E-state index in [9.17, 15) is 0 Å². The van der Waals surface area contributed by atoms with Crippen molar-refractivity contribution in [2.45, 2.75) is 32.6 Å². The van der Waals surface area contributed by atoms with E-state index < -0.39 is 0 Å². The quantitative estimate of drug-likeness (QED) is 0.617. The zero-order valence-electron chi connectivity index (χ0n) is 10.5. The Balaban J connectivity index is 0.00000144. The molecule has 0 amide bonds. The zero-order valence-corrected chi connectivity index (χ0v) is 11.5. The first-order chi connectivity index (χ1) is 7.84. The van der Waals surface area contributed by atoms with Crippen molar-refractivity contribution >= 4 is 0 Å². The molecular formula is C16H22Ni. The van der Waals surface area contributed by atoms with Gasteiger partial charge in [0, 0.05) is 16.5 Å². The normalized spacial score (nSPS) is 20.1. The molecule has 1 unspecified atom stereocenters. The molecule has 0 heterocycles. The van der Waals surface area contributed by atoms with Gasteiger partial charge in [0.05, 0.1) is 0 Å². The Labute approximate surface area is 115 Å². The van der Waals surface area contributed by atoms with Crippen LogP contribution in [0.5, 0.6) is 0 Å². The summed E-state index contributed by atoms with van der Waals surface area (Å²) in [5.74, 6) is 2.28. The SMILES string of the molecule is CC(CCCC1C=CC=C1)CC1C=CC=C1.[Ni]. The molecule has 1 atom stereocenters. The van der Waals surface area contributed by atoms with Crippen LogP contribution in [0.3, 0.4) is 0 Å². The Morgan fingerprint density at radius 3 is 2.00 bits per heavy atom. The van der Waals surface area contributed by atoms with Crippen LogP contribution in [0.1, 0.15) is 32.6 Å². The predicted molar refractivity (Wildman–Crippen MR) is 71.2 cm³/mol. The van der Waals surface area contributed by atoms with Gasteiger partial charge in [-0.3, -0.25) is 0 Å². The van der Waals surface area contributed by atoms with Gasteiger partial charge in [-0.15, -0.1) is 0 Å². The first-order valence-corrected chi connectivity index (χ1v) is 6.54. The number of rotatable bonds is 6. The molecule has 0 aromatic carbocycles. The Kier molecular flexibility index (Phi) is 6.59. The van der Waals surface area contributed by atoms with E-state index >= 15 is 0 Å². The molecule has 0 saturated carbocycles. The van der Waals surface area contributed by atoms with Crippen LogP contribution < -0.4 is 0 Å². The van der Waals surface area contributed by atoms with E-state index in [4.69, 9.17) is 0 Å². The minimum Gasteiger partial charge on any atom is -0.0776 e. The van der Waals surface area contributed by atoms with Gasteiger partial charge < -0.3 is 0 Å². The Bertz CT molecular complexity index is 298. The van der Waals surface area contributed by atoms with Crippen molar-refractivity contribution in [2.75, 3.05) is 0 Å². The summed E-state index contributed by atoms with van der Waals surface area (Å²) in [6.07, 6.45) is 23.3. The van der Waals surface area contributed by atoms with Gasteiger partial charge in [-0.05, 0) is 30.6 Å². The van der Waals surface area contributed by atoms with Crippen LogP contribution in [-0.2, 0) is 16.5 Å². The van der Waals surface area contributed by atoms with Crippen LogP contribution in [-0.4, -0.2) is 0 Å². The fourth-order valence-corrected chi connectivity index (χ4v) is 2.59. The summed E-state index contributed by atoms with van der Waals surface area (Å²) in [4.78, 5) is 0. The molecule has 0 aromatic rings. The van der Waals surface area contributed by atoms with Crippen LogP contribution in [0.25, 0.3) is 0 Å². The summed E-state index contributed by atoms with van der Waals surface area (Å²) in [7, 11) is 0. The summed E-state index contributed by atoms with van der Waals surface area (Å²) >= 11 is 0. The van der Waals surface area contributed by atoms with Crippen LogP contribution in [0, 0.1) is 17.8 Å². The van der Waals surface area contributed by atoms with Crippen molar-refractivity contribution in [3.63, 3.8) is 0 Å². The Morgan fingerprint density at radius 2 is 1.41 bits per heavy atom. The molecule has 0 aliphatic heterocycles. The molecule has 0 spiro atoms. The summed E-state index contributed by atoms with van der Waals surface area (Å²) < 4.78 is 0. The monoisotopic (exact) mass is 272 g/mol. The third-order valence-electron chi connectivity index (χ3n) is 3.56. The molecule has 0 saturated heterocycles. The smallest absolute Gasteiger partial charge is 0 e. The van der Waals surface area contributed by atoms with Gasteiger partial charge in [0.25, 0.3) is 0 Å². The number of hydrogen-bond acceptors (Lipinski definition) is 0. The van der Waals surface area contributed by atoms with Gasteiger partial charge in [-0.25, -0.2) is 0 Å². The Morgan fingerprint density at radius 1 is 0.882 bits per heavy atom. The molecule has 0 nitrogen and oxygen atoms in total. The summed E-state index contributed by atoms with van der Waals surface area (Å²) in [6, 6.07) is 0. The maximum Gasteiger partial charge on any atom is 0 e. The second kappa shape index (κ2) is 7.72. The molecule has 0 aromatic heterocycles. The Hall–Kier alpha value is -0.546. The molecule has 0 fully saturated rings. The molecule has 0 radical (unpaired) electrons. The van der Waals surface area contributed by atoms with Gasteiger partial charge in [-0.1, -0.05) is 68.4 Å².